The standard InChI is InChI=1S/C10H21NO3/c1-10(2,3)14-8-9(12)11-6-5-7-13-4/h5-8H2,1-4H3,(H,11,12). The van der Waals surface area contributed by atoms with Gasteiger partial charge in [0.15, 0.2) is 0 Å². The molecule has 0 radical (unpaired) electrons. The van der Waals surface area contributed by atoms with Crippen molar-refractivity contribution < 1.29 is 14.3 Å². The molecule has 0 aliphatic heterocycles. The van der Waals surface area contributed by atoms with Crippen molar-refractivity contribution in [2.75, 3.05) is 26.9 Å². The molecule has 4 heteroatoms. The zero-order chi connectivity index (χ0) is 11.0. The lowest BCUT2D eigenvalue weighted by molar-refractivity contribution is -0.130. The van der Waals surface area contributed by atoms with Crippen LogP contribution in [0.1, 0.15) is 27.2 Å². The van der Waals surface area contributed by atoms with Crippen LogP contribution >= 0.6 is 0 Å². The molecule has 1 amide bonds. The summed E-state index contributed by atoms with van der Waals surface area (Å²) in [6, 6.07) is 0. The Balaban J connectivity index is 3.38. The van der Waals surface area contributed by atoms with Gasteiger partial charge in [0.05, 0.1) is 5.60 Å². The van der Waals surface area contributed by atoms with Crippen LogP contribution in [0.2, 0.25) is 0 Å². The molecule has 0 aromatic carbocycles. The second-order valence-electron chi connectivity index (χ2n) is 4.10. The summed E-state index contributed by atoms with van der Waals surface area (Å²) < 4.78 is 10.2. The molecule has 0 rings (SSSR count). The van der Waals surface area contributed by atoms with E-state index < -0.39 is 0 Å². The number of ether oxygens (including phenoxy) is 2. The van der Waals surface area contributed by atoms with Gasteiger partial charge >= 0.3 is 0 Å². The summed E-state index contributed by atoms with van der Waals surface area (Å²) >= 11 is 0. The van der Waals surface area contributed by atoms with Crippen LogP contribution in [0.15, 0.2) is 0 Å². The van der Waals surface area contributed by atoms with Gasteiger partial charge in [0.1, 0.15) is 6.61 Å². The van der Waals surface area contributed by atoms with Crippen molar-refractivity contribution in [3.05, 3.63) is 0 Å². The SMILES string of the molecule is COCCCNC(=O)COC(C)(C)C. The molecule has 0 bridgehead atoms. The van der Waals surface area contributed by atoms with Gasteiger partial charge in [-0.05, 0) is 27.2 Å². The second-order valence-corrected chi connectivity index (χ2v) is 4.10. The predicted molar refractivity (Wildman–Crippen MR) is 55.2 cm³/mol. The first-order valence-electron chi connectivity index (χ1n) is 4.85. The molecule has 1 N–H and O–H groups in total. The number of hydrogen-bond acceptors (Lipinski definition) is 3. The molecule has 0 saturated heterocycles. The van der Waals surface area contributed by atoms with Crippen LogP contribution in [0.3, 0.4) is 0 Å². The Labute approximate surface area is 86.0 Å². The summed E-state index contributed by atoms with van der Waals surface area (Å²) in [5.74, 6) is -0.0731. The Bertz CT molecular complexity index is 163. The fourth-order valence-electron chi connectivity index (χ4n) is 0.777. The van der Waals surface area contributed by atoms with E-state index in [2.05, 4.69) is 5.32 Å². The van der Waals surface area contributed by atoms with Gasteiger partial charge in [0.25, 0.3) is 0 Å². The van der Waals surface area contributed by atoms with Crippen LogP contribution in [0.25, 0.3) is 0 Å². The molecular weight excluding hydrogens is 182 g/mol. The van der Waals surface area contributed by atoms with Crippen LogP contribution in [0, 0.1) is 0 Å². The molecule has 84 valence electrons. The van der Waals surface area contributed by atoms with E-state index in [-0.39, 0.29) is 18.1 Å². The summed E-state index contributed by atoms with van der Waals surface area (Å²) in [6.07, 6.45) is 0.831. The maximum Gasteiger partial charge on any atom is 0.246 e. The van der Waals surface area contributed by atoms with Crippen molar-refractivity contribution in [1.29, 1.82) is 0 Å². The van der Waals surface area contributed by atoms with E-state index >= 15 is 0 Å². The lowest BCUT2D eigenvalue weighted by atomic mass is 10.2. The molecule has 0 aromatic heterocycles. The predicted octanol–water partition coefficient (Wildman–Crippen LogP) is 0.954. The first-order chi connectivity index (χ1) is 6.45. The van der Waals surface area contributed by atoms with Gasteiger partial charge in [-0.3, -0.25) is 4.79 Å². The smallest absolute Gasteiger partial charge is 0.246 e. The lowest BCUT2D eigenvalue weighted by Gasteiger charge is -2.18. The van der Waals surface area contributed by atoms with Gasteiger partial charge in [0.2, 0.25) is 5.91 Å². The number of nitrogens with one attached hydrogen (secondary N) is 1. The molecule has 14 heavy (non-hydrogen) atoms. The molecule has 4 nitrogen and oxygen atoms in total. The zero-order valence-corrected chi connectivity index (χ0v) is 9.55. The lowest BCUT2D eigenvalue weighted by Crippen LogP contribution is -2.32. The van der Waals surface area contributed by atoms with Crippen molar-refractivity contribution in [3.8, 4) is 0 Å². The highest BCUT2D eigenvalue weighted by atomic mass is 16.5. The second kappa shape index (κ2) is 6.79. The Morgan fingerprint density at radius 2 is 2.00 bits per heavy atom. The van der Waals surface area contributed by atoms with E-state index in [1.165, 1.54) is 0 Å². The molecule has 0 aliphatic carbocycles. The molecule has 0 fully saturated rings. The van der Waals surface area contributed by atoms with E-state index in [9.17, 15) is 4.79 Å². The Kier molecular flexibility index (Phi) is 6.49. The molecule has 0 heterocycles. The first-order valence-corrected chi connectivity index (χ1v) is 4.85. The minimum absolute atomic E-state index is 0.0731. The Morgan fingerprint density at radius 1 is 1.36 bits per heavy atom. The average Bonchev–Trinajstić information content (AvgIpc) is 2.08. The number of amides is 1. The van der Waals surface area contributed by atoms with Crippen molar-refractivity contribution in [1.82, 2.24) is 5.32 Å². The van der Waals surface area contributed by atoms with Crippen molar-refractivity contribution >= 4 is 5.91 Å². The molecule has 0 aliphatic rings. The maximum absolute atomic E-state index is 11.2. The number of hydrogen-bond donors (Lipinski definition) is 1. The quantitative estimate of drug-likeness (QED) is 0.654. The third kappa shape index (κ3) is 9.48. The topological polar surface area (TPSA) is 47.6 Å². The zero-order valence-electron chi connectivity index (χ0n) is 9.55. The summed E-state index contributed by atoms with van der Waals surface area (Å²) in [7, 11) is 1.64. The third-order valence-corrected chi connectivity index (χ3v) is 1.48. The highest BCUT2D eigenvalue weighted by Crippen LogP contribution is 2.05. The van der Waals surface area contributed by atoms with Crippen LogP contribution in [0.5, 0.6) is 0 Å². The Morgan fingerprint density at radius 3 is 2.50 bits per heavy atom. The number of rotatable bonds is 6. The summed E-state index contributed by atoms with van der Waals surface area (Å²) in [5, 5.41) is 2.75. The highest BCUT2D eigenvalue weighted by Gasteiger charge is 2.12. The van der Waals surface area contributed by atoms with Crippen molar-refractivity contribution in [3.63, 3.8) is 0 Å². The van der Waals surface area contributed by atoms with Gasteiger partial charge in [-0.2, -0.15) is 0 Å². The number of carbonyl (C=O) groups excluding carboxylic acids is 1. The van der Waals surface area contributed by atoms with E-state index in [4.69, 9.17) is 9.47 Å². The van der Waals surface area contributed by atoms with Crippen molar-refractivity contribution in [2.45, 2.75) is 32.8 Å². The van der Waals surface area contributed by atoms with Gasteiger partial charge in [-0.1, -0.05) is 0 Å². The van der Waals surface area contributed by atoms with Gasteiger partial charge in [-0.15, -0.1) is 0 Å². The average molecular weight is 203 g/mol. The van der Waals surface area contributed by atoms with Gasteiger partial charge in [-0.25, -0.2) is 0 Å². The molecular formula is C10H21NO3. The summed E-state index contributed by atoms with van der Waals surface area (Å²) in [4.78, 5) is 11.2. The van der Waals surface area contributed by atoms with E-state index in [1.54, 1.807) is 7.11 Å². The number of carbonyl (C=O) groups is 1. The van der Waals surface area contributed by atoms with Crippen LogP contribution in [0.4, 0.5) is 0 Å². The fourth-order valence-corrected chi connectivity index (χ4v) is 0.777. The highest BCUT2D eigenvalue weighted by molar-refractivity contribution is 5.77. The normalized spacial score (nSPS) is 11.4. The number of methoxy groups -OCH3 is 1. The van der Waals surface area contributed by atoms with E-state index in [0.29, 0.717) is 13.2 Å². The maximum atomic E-state index is 11.2. The fraction of sp³-hybridized carbons (Fsp3) is 0.900. The Hall–Kier alpha value is -0.610. The minimum atomic E-state index is -0.260. The molecule has 0 atom stereocenters. The van der Waals surface area contributed by atoms with E-state index in [1.807, 2.05) is 20.8 Å². The van der Waals surface area contributed by atoms with Gasteiger partial charge < -0.3 is 14.8 Å². The summed E-state index contributed by atoms with van der Waals surface area (Å²) in [6.45, 7) is 7.19. The molecule has 0 unspecified atom stereocenters. The van der Waals surface area contributed by atoms with E-state index in [0.717, 1.165) is 6.42 Å². The summed E-state index contributed by atoms with van der Waals surface area (Å²) in [5.41, 5.74) is -0.260. The monoisotopic (exact) mass is 203 g/mol. The van der Waals surface area contributed by atoms with Crippen LogP contribution in [-0.4, -0.2) is 38.4 Å². The molecule has 0 spiro atoms. The first kappa shape index (κ1) is 13.4. The van der Waals surface area contributed by atoms with Crippen LogP contribution in [-0.2, 0) is 14.3 Å². The molecule has 0 saturated carbocycles. The van der Waals surface area contributed by atoms with Crippen LogP contribution < -0.4 is 5.32 Å². The minimum Gasteiger partial charge on any atom is -0.385 e. The van der Waals surface area contributed by atoms with Gasteiger partial charge in [0, 0.05) is 20.3 Å². The third-order valence-electron chi connectivity index (χ3n) is 1.48. The molecule has 0 aromatic rings. The van der Waals surface area contributed by atoms with Crippen molar-refractivity contribution in [2.24, 2.45) is 0 Å². The largest absolute Gasteiger partial charge is 0.385 e.